The maximum Gasteiger partial charge on any atom is 0.303 e. The molecule has 26 heavy (non-hydrogen) atoms. The van der Waals surface area contributed by atoms with Crippen LogP contribution in [-0.2, 0) is 9.59 Å². The third-order valence-electron chi connectivity index (χ3n) is 4.16. The van der Waals surface area contributed by atoms with E-state index in [0.717, 1.165) is 12.8 Å². The molecule has 2 N–H and O–H groups in total. The summed E-state index contributed by atoms with van der Waals surface area (Å²) < 4.78 is 0. The molecule has 4 nitrogen and oxygen atoms in total. The lowest BCUT2D eigenvalue weighted by Gasteiger charge is -2.13. The van der Waals surface area contributed by atoms with Crippen molar-refractivity contribution in [1.82, 2.24) is 0 Å². The van der Waals surface area contributed by atoms with E-state index in [4.69, 9.17) is 5.11 Å². The van der Waals surface area contributed by atoms with Crippen LogP contribution in [0.1, 0.15) is 45.4 Å². The largest absolute Gasteiger partial charge is 0.481 e. The monoisotopic (exact) mass is 358 g/mol. The van der Waals surface area contributed by atoms with Gasteiger partial charge >= 0.3 is 5.97 Å². The Kier molecular flexibility index (Phi) is 11.0. The highest BCUT2D eigenvalue weighted by molar-refractivity contribution is 5.95. The van der Waals surface area contributed by atoms with E-state index in [9.17, 15) is 14.7 Å². The van der Waals surface area contributed by atoms with Crippen LogP contribution in [0.25, 0.3) is 0 Å². The Morgan fingerprint density at radius 1 is 1.19 bits per heavy atom. The molecular weight excluding hydrogens is 328 g/mol. The van der Waals surface area contributed by atoms with E-state index < -0.39 is 12.1 Å². The third kappa shape index (κ3) is 9.33. The highest BCUT2D eigenvalue weighted by Gasteiger charge is 2.26. The van der Waals surface area contributed by atoms with Gasteiger partial charge in [-0.3, -0.25) is 9.59 Å². The van der Waals surface area contributed by atoms with Crippen molar-refractivity contribution in [1.29, 1.82) is 0 Å². The lowest BCUT2D eigenvalue weighted by Crippen LogP contribution is -2.14. The molecule has 0 aromatic rings. The zero-order valence-electron chi connectivity index (χ0n) is 15.5. The van der Waals surface area contributed by atoms with E-state index in [0.29, 0.717) is 19.3 Å². The van der Waals surface area contributed by atoms with E-state index in [1.54, 1.807) is 12.2 Å². The summed E-state index contributed by atoms with van der Waals surface area (Å²) in [5, 5.41) is 18.6. The molecule has 0 heterocycles. The second-order valence-electron chi connectivity index (χ2n) is 6.37. The van der Waals surface area contributed by atoms with Crippen LogP contribution in [0.15, 0.2) is 60.8 Å². The topological polar surface area (TPSA) is 74.6 Å². The number of aliphatic hydroxyl groups is 1. The molecule has 1 aliphatic carbocycles. The number of carboxylic acid groups (broad SMARTS) is 1. The van der Waals surface area contributed by atoms with Crippen LogP contribution < -0.4 is 0 Å². The molecule has 0 aliphatic heterocycles. The van der Waals surface area contributed by atoms with Gasteiger partial charge in [0.05, 0.1) is 6.10 Å². The first kappa shape index (κ1) is 21.8. The number of rotatable bonds is 12. The number of carbonyl (C=O) groups is 2. The van der Waals surface area contributed by atoms with Gasteiger partial charge in [0.1, 0.15) is 0 Å². The standard InChI is InChI=1S/C22H30O4/c1-2-3-8-11-18-14-17-21(24)20(18)16-15-19(23)12-9-6-4-5-7-10-13-22(25)26/h3,5-9,14-20,23H,2,4,10-13H2,1H3,(H,25,26)/b7-5-,8-3-,9-6-,16-15+/t18-,19-,20-/m1/s1. The summed E-state index contributed by atoms with van der Waals surface area (Å²) in [5.41, 5.74) is 0. The summed E-state index contributed by atoms with van der Waals surface area (Å²) in [6, 6.07) is 0. The molecule has 0 bridgehead atoms. The van der Waals surface area contributed by atoms with Crippen LogP contribution >= 0.6 is 0 Å². The number of hydrogen-bond donors (Lipinski definition) is 2. The summed E-state index contributed by atoms with van der Waals surface area (Å²) in [4.78, 5) is 22.3. The summed E-state index contributed by atoms with van der Waals surface area (Å²) in [6.45, 7) is 2.08. The molecule has 142 valence electrons. The molecule has 0 radical (unpaired) electrons. The molecule has 0 fully saturated rings. The number of hydrogen-bond acceptors (Lipinski definition) is 3. The number of aliphatic hydroxyl groups excluding tert-OH is 1. The molecule has 0 saturated heterocycles. The molecular formula is C22H30O4. The zero-order valence-corrected chi connectivity index (χ0v) is 15.5. The van der Waals surface area contributed by atoms with Crippen LogP contribution in [0.4, 0.5) is 0 Å². The van der Waals surface area contributed by atoms with Gasteiger partial charge in [0.15, 0.2) is 5.78 Å². The highest BCUT2D eigenvalue weighted by atomic mass is 16.4. The van der Waals surface area contributed by atoms with Gasteiger partial charge in [0.2, 0.25) is 0 Å². The van der Waals surface area contributed by atoms with Crippen LogP contribution in [0.5, 0.6) is 0 Å². The molecule has 0 aromatic heterocycles. The van der Waals surface area contributed by atoms with E-state index in [2.05, 4.69) is 19.1 Å². The van der Waals surface area contributed by atoms with E-state index >= 15 is 0 Å². The Balaban J connectivity index is 2.33. The lowest BCUT2D eigenvalue weighted by atomic mass is 9.91. The molecule has 0 amide bonds. The summed E-state index contributed by atoms with van der Waals surface area (Å²) in [7, 11) is 0. The van der Waals surface area contributed by atoms with Gasteiger partial charge in [-0.1, -0.05) is 61.6 Å². The number of aliphatic carboxylic acids is 1. The minimum absolute atomic E-state index is 0.102. The van der Waals surface area contributed by atoms with Crippen molar-refractivity contribution in [2.24, 2.45) is 11.8 Å². The fourth-order valence-electron chi connectivity index (χ4n) is 2.70. The van der Waals surface area contributed by atoms with Gasteiger partial charge in [-0.2, -0.15) is 0 Å². The Bertz CT molecular complexity index is 581. The summed E-state index contributed by atoms with van der Waals surface area (Å²) in [6.07, 6.45) is 22.1. The first-order chi connectivity index (χ1) is 12.5. The molecule has 4 heteroatoms. The Labute approximate surface area is 156 Å². The second kappa shape index (κ2) is 13.1. The van der Waals surface area contributed by atoms with E-state index in [-0.39, 0.29) is 24.0 Å². The van der Waals surface area contributed by atoms with Gasteiger partial charge in [0, 0.05) is 12.3 Å². The molecule has 0 unspecified atom stereocenters. The maximum absolute atomic E-state index is 12.0. The van der Waals surface area contributed by atoms with E-state index in [1.807, 2.05) is 36.5 Å². The highest BCUT2D eigenvalue weighted by Crippen LogP contribution is 2.27. The number of allylic oxidation sites excluding steroid dienone is 8. The van der Waals surface area contributed by atoms with Gasteiger partial charge < -0.3 is 10.2 Å². The molecule has 1 rings (SSSR count). The van der Waals surface area contributed by atoms with Crippen molar-refractivity contribution < 1.29 is 19.8 Å². The van der Waals surface area contributed by atoms with Crippen molar-refractivity contribution in [2.45, 2.75) is 51.6 Å². The molecule has 1 aliphatic rings. The smallest absolute Gasteiger partial charge is 0.303 e. The number of carbonyl (C=O) groups excluding carboxylic acids is 1. The molecule has 3 atom stereocenters. The Hall–Kier alpha value is -2.20. The first-order valence-corrected chi connectivity index (χ1v) is 9.29. The van der Waals surface area contributed by atoms with Crippen molar-refractivity contribution in [3.63, 3.8) is 0 Å². The van der Waals surface area contributed by atoms with Crippen molar-refractivity contribution in [3.05, 3.63) is 60.8 Å². The van der Waals surface area contributed by atoms with Crippen LogP contribution in [0, 0.1) is 11.8 Å². The van der Waals surface area contributed by atoms with Crippen molar-refractivity contribution in [3.8, 4) is 0 Å². The zero-order chi connectivity index (χ0) is 19.2. The minimum atomic E-state index is -0.792. The van der Waals surface area contributed by atoms with Crippen molar-refractivity contribution >= 4 is 11.8 Å². The molecule has 0 saturated carbocycles. The maximum atomic E-state index is 12.0. The Morgan fingerprint density at radius 3 is 2.69 bits per heavy atom. The quantitative estimate of drug-likeness (QED) is 0.507. The van der Waals surface area contributed by atoms with E-state index in [1.165, 1.54) is 0 Å². The molecule has 0 aromatic carbocycles. The molecule has 0 spiro atoms. The van der Waals surface area contributed by atoms with Gasteiger partial charge in [0.25, 0.3) is 0 Å². The predicted molar refractivity (Wildman–Crippen MR) is 105 cm³/mol. The summed E-state index contributed by atoms with van der Waals surface area (Å²) in [5.74, 6) is -0.683. The third-order valence-corrected chi connectivity index (χ3v) is 4.16. The van der Waals surface area contributed by atoms with Crippen molar-refractivity contribution in [2.75, 3.05) is 0 Å². The average Bonchev–Trinajstić information content (AvgIpc) is 2.95. The van der Waals surface area contributed by atoms with Gasteiger partial charge in [-0.15, -0.1) is 0 Å². The fourth-order valence-corrected chi connectivity index (χ4v) is 2.70. The SMILES string of the molecule is CC/C=C\C[C@@H]1C=CC(=O)[C@@H]1/C=C/[C@H](O)C/C=C\C/C=C\CCC(=O)O. The first-order valence-electron chi connectivity index (χ1n) is 9.29. The predicted octanol–water partition coefficient (Wildman–Crippen LogP) is 4.39. The van der Waals surface area contributed by atoms with Gasteiger partial charge in [-0.25, -0.2) is 0 Å². The normalized spacial score (nSPS) is 21.8. The average molecular weight is 358 g/mol. The summed E-state index contributed by atoms with van der Waals surface area (Å²) >= 11 is 0. The second-order valence-corrected chi connectivity index (χ2v) is 6.37. The Morgan fingerprint density at radius 2 is 1.96 bits per heavy atom. The number of ketones is 1. The number of carboxylic acids is 1. The van der Waals surface area contributed by atoms with Crippen LogP contribution in [0.2, 0.25) is 0 Å². The van der Waals surface area contributed by atoms with Crippen LogP contribution in [-0.4, -0.2) is 28.1 Å². The lowest BCUT2D eigenvalue weighted by molar-refractivity contribution is -0.136. The van der Waals surface area contributed by atoms with Gasteiger partial charge in [-0.05, 0) is 44.1 Å². The minimum Gasteiger partial charge on any atom is -0.481 e. The van der Waals surface area contributed by atoms with Crippen LogP contribution in [0.3, 0.4) is 0 Å². The fraction of sp³-hybridized carbons (Fsp3) is 0.455.